The molecule has 9 heteroatoms. The molecule has 154 valence electrons. The quantitative estimate of drug-likeness (QED) is 0.599. The number of rotatable bonds is 4. The van der Waals surface area contributed by atoms with E-state index >= 15 is 0 Å². The van der Waals surface area contributed by atoms with Crippen molar-refractivity contribution in [3.05, 3.63) is 75.9 Å². The van der Waals surface area contributed by atoms with E-state index in [1.807, 2.05) is 4.90 Å². The summed E-state index contributed by atoms with van der Waals surface area (Å²) < 4.78 is 14.8. The molecule has 0 radical (unpaired) electrons. The van der Waals surface area contributed by atoms with Gasteiger partial charge in [-0.15, -0.1) is 6.58 Å². The van der Waals surface area contributed by atoms with Crippen LogP contribution in [-0.4, -0.2) is 51.5 Å². The summed E-state index contributed by atoms with van der Waals surface area (Å²) >= 11 is 6.03. The fourth-order valence-electron chi connectivity index (χ4n) is 3.52. The molecule has 1 aliphatic rings. The van der Waals surface area contributed by atoms with Crippen molar-refractivity contribution >= 4 is 34.5 Å². The summed E-state index contributed by atoms with van der Waals surface area (Å²) in [4.78, 5) is 38.1. The summed E-state index contributed by atoms with van der Waals surface area (Å²) in [5.41, 5.74) is 1.13. The lowest BCUT2D eigenvalue weighted by molar-refractivity contribution is 0.0746. The molecule has 3 aromatic rings. The van der Waals surface area contributed by atoms with Gasteiger partial charge in [-0.2, -0.15) is 0 Å². The number of pyridine rings is 1. The van der Waals surface area contributed by atoms with E-state index in [0.717, 1.165) is 6.07 Å². The Morgan fingerprint density at radius 2 is 2.00 bits per heavy atom. The number of aromatic nitrogens is 3. The number of piperazine rings is 1. The highest BCUT2D eigenvalue weighted by Gasteiger charge is 2.26. The Morgan fingerprint density at radius 3 is 2.70 bits per heavy atom. The van der Waals surface area contributed by atoms with E-state index in [0.29, 0.717) is 49.7 Å². The van der Waals surface area contributed by atoms with Crippen LogP contribution >= 0.6 is 11.6 Å². The Hall–Kier alpha value is -3.26. The lowest BCUT2D eigenvalue weighted by Gasteiger charge is -2.35. The fourth-order valence-corrected chi connectivity index (χ4v) is 3.77. The molecular weight excluding hydrogens is 409 g/mol. The molecule has 0 N–H and O–H groups in total. The van der Waals surface area contributed by atoms with Gasteiger partial charge in [0.25, 0.3) is 11.5 Å². The number of amides is 1. The van der Waals surface area contributed by atoms with Gasteiger partial charge in [-0.3, -0.25) is 14.2 Å². The Balaban J connectivity index is 1.58. The Kier molecular flexibility index (Phi) is 5.50. The third kappa shape index (κ3) is 3.66. The monoisotopic (exact) mass is 427 g/mol. The van der Waals surface area contributed by atoms with Crippen LogP contribution in [0, 0.1) is 5.82 Å². The van der Waals surface area contributed by atoms with Crippen molar-refractivity contribution in [2.45, 2.75) is 6.54 Å². The van der Waals surface area contributed by atoms with Crippen LogP contribution in [0.3, 0.4) is 0 Å². The summed E-state index contributed by atoms with van der Waals surface area (Å²) in [5.74, 6) is -0.433. The summed E-state index contributed by atoms with van der Waals surface area (Å²) in [5, 5.41) is 0.0819. The van der Waals surface area contributed by atoms with Gasteiger partial charge in [0.1, 0.15) is 11.3 Å². The van der Waals surface area contributed by atoms with Gasteiger partial charge in [0.05, 0.1) is 10.6 Å². The molecule has 2 aromatic heterocycles. The van der Waals surface area contributed by atoms with Crippen molar-refractivity contribution in [2.75, 3.05) is 31.1 Å². The molecule has 0 aliphatic carbocycles. The van der Waals surface area contributed by atoms with Crippen LogP contribution < -0.4 is 10.5 Å². The second-order valence-corrected chi connectivity index (χ2v) is 7.30. The maximum atomic E-state index is 13.3. The number of carbonyl (C=O) groups excluding carboxylic acids is 1. The van der Waals surface area contributed by atoms with Gasteiger partial charge >= 0.3 is 0 Å². The number of hydrogen-bond donors (Lipinski definition) is 0. The standard InChI is InChI=1S/C21H19ClFN5O2/c1-2-8-28-18-17(4-3-7-24-18)25-19(21(28)30)26-9-11-27(12-10-26)20(29)15-6-5-14(23)13-16(15)22/h2-7,13H,1,8-12H2. The van der Waals surface area contributed by atoms with Crippen molar-refractivity contribution < 1.29 is 9.18 Å². The molecular formula is C21H19ClFN5O2. The molecule has 4 rings (SSSR count). The Morgan fingerprint density at radius 1 is 1.23 bits per heavy atom. The average Bonchev–Trinajstić information content (AvgIpc) is 2.75. The van der Waals surface area contributed by atoms with Crippen LogP contribution in [0.15, 0.2) is 54.0 Å². The maximum Gasteiger partial charge on any atom is 0.295 e. The normalized spacial score (nSPS) is 14.2. The minimum absolute atomic E-state index is 0.0819. The molecule has 0 atom stereocenters. The Labute approximate surface area is 177 Å². The molecule has 1 saturated heterocycles. The predicted molar refractivity (Wildman–Crippen MR) is 114 cm³/mol. The van der Waals surface area contributed by atoms with Crippen molar-refractivity contribution in [3.63, 3.8) is 0 Å². The SMILES string of the molecule is C=CCn1c(=O)c(N2CCN(C(=O)c3ccc(F)cc3Cl)CC2)nc2cccnc21. The predicted octanol–water partition coefficient (Wildman–Crippen LogP) is 2.73. The van der Waals surface area contributed by atoms with Crippen LogP contribution in [0.1, 0.15) is 10.4 Å². The minimum atomic E-state index is -0.492. The highest BCUT2D eigenvalue weighted by molar-refractivity contribution is 6.33. The first-order valence-electron chi connectivity index (χ1n) is 9.45. The van der Waals surface area contributed by atoms with Crippen molar-refractivity contribution in [1.82, 2.24) is 19.4 Å². The molecule has 0 unspecified atom stereocenters. The third-order valence-corrected chi connectivity index (χ3v) is 5.34. The zero-order valence-electron chi connectivity index (χ0n) is 16.1. The number of hydrogen-bond acceptors (Lipinski definition) is 5. The number of allylic oxidation sites excluding steroid dienone is 1. The molecule has 0 spiro atoms. The molecule has 1 fully saturated rings. The largest absolute Gasteiger partial charge is 0.348 e. The minimum Gasteiger partial charge on any atom is -0.348 e. The summed E-state index contributed by atoms with van der Waals surface area (Å²) in [6, 6.07) is 7.30. The zero-order chi connectivity index (χ0) is 21.3. The summed E-state index contributed by atoms with van der Waals surface area (Å²) in [6.07, 6.45) is 3.26. The van der Waals surface area contributed by atoms with Gasteiger partial charge in [0, 0.05) is 38.9 Å². The second kappa shape index (κ2) is 8.23. The number of nitrogens with zero attached hydrogens (tertiary/aromatic N) is 5. The molecule has 30 heavy (non-hydrogen) atoms. The number of anilines is 1. The first-order chi connectivity index (χ1) is 14.5. The van der Waals surface area contributed by atoms with Gasteiger partial charge in [-0.1, -0.05) is 17.7 Å². The summed E-state index contributed by atoms with van der Waals surface area (Å²) in [6.45, 7) is 5.69. The van der Waals surface area contributed by atoms with Crippen molar-refractivity contribution in [3.8, 4) is 0 Å². The summed E-state index contributed by atoms with van der Waals surface area (Å²) in [7, 11) is 0. The topological polar surface area (TPSA) is 71.3 Å². The average molecular weight is 428 g/mol. The molecule has 1 aromatic carbocycles. The second-order valence-electron chi connectivity index (χ2n) is 6.89. The van der Waals surface area contributed by atoms with Gasteiger partial charge in [-0.25, -0.2) is 14.4 Å². The molecule has 1 aliphatic heterocycles. The van der Waals surface area contributed by atoms with E-state index in [1.165, 1.54) is 12.1 Å². The van der Waals surface area contributed by atoms with Crippen LogP contribution in [0.2, 0.25) is 5.02 Å². The smallest absolute Gasteiger partial charge is 0.295 e. The first kappa shape index (κ1) is 20.0. The van der Waals surface area contributed by atoms with Gasteiger partial charge in [-0.05, 0) is 30.3 Å². The molecule has 0 bridgehead atoms. The van der Waals surface area contributed by atoms with Crippen LogP contribution in [0.4, 0.5) is 10.2 Å². The van der Waals surface area contributed by atoms with E-state index in [9.17, 15) is 14.0 Å². The van der Waals surface area contributed by atoms with E-state index in [-0.39, 0.29) is 22.1 Å². The fraction of sp³-hybridized carbons (Fsp3) is 0.238. The number of halogens is 2. The Bertz CT molecular complexity index is 1190. The van der Waals surface area contributed by atoms with Crippen LogP contribution in [0.25, 0.3) is 11.2 Å². The lowest BCUT2D eigenvalue weighted by atomic mass is 10.1. The zero-order valence-corrected chi connectivity index (χ0v) is 16.8. The highest BCUT2D eigenvalue weighted by Crippen LogP contribution is 2.21. The molecule has 1 amide bonds. The first-order valence-corrected chi connectivity index (χ1v) is 9.83. The van der Waals surface area contributed by atoms with E-state index in [4.69, 9.17) is 11.6 Å². The molecule has 0 saturated carbocycles. The van der Waals surface area contributed by atoms with Gasteiger partial charge in [0.2, 0.25) is 0 Å². The van der Waals surface area contributed by atoms with Gasteiger partial charge < -0.3 is 9.80 Å². The van der Waals surface area contributed by atoms with E-state index in [2.05, 4.69) is 16.5 Å². The number of carbonyl (C=O) groups is 1. The van der Waals surface area contributed by atoms with Crippen LogP contribution in [0.5, 0.6) is 0 Å². The number of fused-ring (bicyclic) bond motifs is 1. The van der Waals surface area contributed by atoms with Gasteiger partial charge in [0.15, 0.2) is 11.5 Å². The lowest BCUT2D eigenvalue weighted by Crippen LogP contribution is -2.50. The van der Waals surface area contributed by atoms with E-state index < -0.39 is 5.82 Å². The maximum absolute atomic E-state index is 13.3. The number of benzene rings is 1. The van der Waals surface area contributed by atoms with Crippen molar-refractivity contribution in [1.29, 1.82) is 0 Å². The van der Waals surface area contributed by atoms with Crippen LogP contribution in [-0.2, 0) is 6.54 Å². The van der Waals surface area contributed by atoms with Crippen molar-refractivity contribution in [2.24, 2.45) is 0 Å². The molecule has 7 nitrogen and oxygen atoms in total. The highest BCUT2D eigenvalue weighted by atomic mass is 35.5. The van der Waals surface area contributed by atoms with E-state index in [1.54, 1.807) is 33.9 Å². The third-order valence-electron chi connectivity index (χ3n) is 5.02. The molecule has 3 heterocycles.